The number of likely N-dealkylation sites (N-methyl/N-ethyl adjacent to an activating group) is 1. The van der Waals surface area contributed by atoms with Crippen molar-refractivity contribution in [3.8, 4) is 0 Å². The van der Waals surface area contributed by atoms with Crippen LogP contribution in [0.2, 0.25) is 0 Å². The summed E-state index contributed by atoms with van der Waals surface area (Å²) in [4.78, 5) is 17.9. The molecule has 1 rings (SSSR count). The second kappa shape index (κ2) is 5.37. The van der Waals surface area contributed by atoms with Crippen LogP contribution in [0.3, 0.4) is 0 Å². The summed E-state index contributed by atoms with van der Waals surface area (Å²) in [6.07, 6.45) is 0. The molecule has 1 aromatic heterocycles. The van der Waals surface area contributed by atoms with Gasteiger partial charge in [0.2, 0.25) is 0 Å². The lowest BCUT2D eigenvalue weighted by atomic mass is 10.1. The van der Waals surface area contributed by atoms with Crippen LogP contribution in [0, 0.1) is 12.8 Å². The quantitative estimate of drug-likeness (QED) is 0.771. The van der Waals surface area contributed by atoms with Crippen molar-refractivity contribution in [1.82, 2.24) is 9.88 Å². The van der Waals surface area contributed by atoms with Gasteiger partial charge in [-0.25, -0.2) is 4.98 Å². The standard InChI is InChI=1S/C11H18N2OS/c1-8(2)11(14)6-13(4)5-10-7-15-9(3)12-10/h7-8H,5-6H2,1-4H3. The fraction of sp³-hybridized carbons (Fsp3) is 0.636. The molecule has 0 atom stereocenters. The second-order valence-corrected chi connectivity index (χ2v) is 5.21. The minimum Gasteiger partial charge on any atom is -0.298 e. The van der Waals surface area contributed by atoms with E-state index in [1.807, 2.05) is 38.1 Å². The van der Waals surface area contributed by atoms with Crippen LogP contribution in [0.1, 0.15) is 24.5 Å². The number of Topliss-reactive ketones (excluding diaryl/α,β-unsaturated/α-hetero) is 1. The van der Waals surface area contributed by atoms with Crippen molar-refractivity contribution in [2.45, 2.75) is 27.3 Å². The molecule has 0 aliphatic carbocycles. The highest BCUT2D eigenvalue weighted by Gasteiger charge is 2.11. The highest BCUT2D eigenvalue weighted by Crippen LogP contribution is 2.09. The predicted molar refractivity (Wildman–Crippen MR) is 63.0 cm³/mol. The molecule has 0 unspecified atom stereocenters. The SMILES string of the molecule is Cc1nc(CN(C)CC(=O)C(C)C)cs1. The molecule has 15 heavy (non-hydrogen) atoms. The maximum atomic E-state index is 11.5. The molecule has 0 aliphatic heterocycles. The molecule has 0 aromatic carbocycles. The minimum atomic E-state index is 0.115. The van der Waals surface area contributed by atoms with Gasteiger partial charge in [-0.15, -0.1) is 11.3 Å². The summed E-state index contributed by atoms with van der Waals surface area (Å²) in [5.41, 5.74) is 1.05. The summed E-state index contributed by atoms with van der Waals surface area (Å²) >= 11 is 1.65. The number of hydrogen-bond acceptors (Lipinski definition) is 4. The van der Waals surface area contributed by atoms with Gasteiger partial charge in [-0.05, 0) is 14.0 Å². The van der Waals surface area contributed by atoms with Crippen molar-refractivity contribution >= 4 is 17.1 Å². The number of rotatable bonds is 5. The summed E-state index contributed by atoms with van der Waals surface area (Å²) in [5.74, 6) is 0.397. The first-order valence-corrected chi connectivity index (χ1v) is 5.99. The Morgan fingerprint density at radius 2 is 2.27 bits per heavy atom. The lowest BCUT2D eigenvalue weighted by Crippen LogP contribution is -2.28. The van der Waals surface area contributed by atoms with Gasteiger partial charge >= 0.3 is 0 Å². The molecule has 0 fully saturated rings. The summed E-state index contributed by atoms with van der Waals surface area (Å²) in [6.45, 7) is 7.12. The van der Waals surface area contributed by atoms with E-state index in [4.69, 9.17) is 0 Å². The predicted octanol–water partition coefficient (Wildman–Crippen LogP) is 2.11. The van der Waals surface area contributed by atoms with Crippen molar-refractivity contribution in [3.05, 3.63) is 16.1 Å². The van der Waals surface area contributed by atoms with E-state index in [-0.39, 0.29) is 11.7 Å². The maximum Gasteiger partial charge on any atom is 0.149 e. The Kier molecular flexibility index (Phi) is 4.42. The van der Waals surface area contributed by atoms with E-state index in [0.29, 0.717) is 6.54 Å². The van der Waals surface area contributed by atoms with E-state index in [0.717, 1.165) is 17.2 Å². The van der Waals surface area contributed by atoms with Gasteiger partial charge in [0.05, 0.1) is 17.2 Å². The third-order valence-electron chi connectivity index (χ3n) is 2.17. The van der Waals surface area contributed by atoms with Crippen LogP contribution in [-0.4, -0.2) is 29.3 Å². The highest BCUT2D eigenvalue weighted by atomic mass is 32.1. The molecule has 0 bridgehead atoms. The van der Waals surface area contributed by atoms with Crippen LogP contribution in [0.5, 0.6) is 0 Å². The third kappa shape index (κ3) is 4.10. The van der Waals surface area contributed by atoms with Crippen molar-refractivity contribution in [1.29, 1.82) is 0 Å². The molecule has 0 saturated heterocycles. The molecule has 1 heterocycles. The molecule has 1 aromatic rings. The Morgan fingerprint density at radius 1 is 1.60 bits per heavy atom. The van der Waals surface area contributed by atoms with E-state index >= 15 is 0 Å². The van der Waals surface area contributed by atoms with Gasteiger partial charge < -0.3 is 0 Å². The van der Waals surface area contributed by atoms with Crippen molar-refractivity contribution < 1.29 is 4.79 Å². The van der Waals surface area contributed by atoms with Crippen LogP contribution in [-0.2, 0) is 11.3 Å². The second-order valence-electron chi connectivity index (χ2n) is 4.15. The number of carbonyl (C=O) groups excluding carboxylic acids is 1. The zero-order chi connectivity index (χ0) is 11.4. The molecule has 0 spiro atoms. The molecule has 0 saturated carbocycles. The van der Waals surface area contributed by atoms with E-state index in [2.05, 4.69) is 4.98 Å². The van der Waals surface area contributed by atoms with Gasteiger partial charge in [0.15, 0.2) is 0 Å². The average molecular weight is 226 g/mol. The zero-order valence-corrected chi connectivity index (χ0v) is 10.6. The number of nitrogens with zero attached hydrogens (tertiary/aromatic N) is 2. The molecule has 4 heteroatoms. The first-order chi connectivity index (χ1) is 6.99. The Balaban J connectivity index is 2.42. The number of thiazole rings is 1. The summed E-state index contributed by atoms with van der Waals surface area (Å²) < 4.78 is 0. The topological polar surface area (TPSA) is 33.2 Å². The van der Waals surface area contributed by atoms with Crippen LogP contribution < -0.4 is 0 Å². The summed E-state index contributed by atoms with van der Waals surface area (Å²) in [6, 6.07) is 0. The number of ketones is 1. The Morgan fingerprint density at radius 3 is 2.73 bits per heavy atom. The highest BCUT2D eigenvalue weighted by molar-refractivity contribution is 7.09. The number of aromatic nitrogens is 1. The van der Waals surface area contributed by atoms with Crippen molar-refractivity contribution in [2.75, 3.05) is 13.6 Å². The molecule has 0 aliphatic rings. The smallest absolute Gasteiger partial charge is 0.149 e. The van der Waals surface area contributed by atoms with Gasteiger partial charge in [0.1, 0.15) is 5.78 Å². The first-order valence-electron chi connectivity index (χ1n) is 5.11. The van der Waals surface area contributed by atoms with E-state index in [1.165, 1.54) is 0 Å². The third-order valence-corrected chi connectivity index (χ3v) is 2.99. The number of aryl methyl sites for hydroxylation is 1. The summed E-state index contributed by atoms with van der Waals surface area (Å²) in [7, 11) is 1.95. The Labute approximate surface area is 95.1 Å². The molecule has 3 nitrogen and oxygen atoms in total. The summed E-state index contributed by atoms with van der Waals surface area (Å²) in [5, 5.41) is 3.12. The molecule has 84 valence electrons. The monoisotopic (exact) mass is 226 g/mol. The lowest BCUT2D eigenvalue weighted by Gasteiger charge is -2.15. The van der Waals surface area contributed by atoms with Gasteiger partial charge in [0.25, 0.3) is 0 Å². The molecule has 0 amide bonds. The first kappa shape index (κ1) is 12.3. The number of carbonyl (C=O) groups is 1. The lowest BCUT2D eigenvalue weighted by molar-refractivity contribution is -0.122. The van der Waals surface area contributed by atoms with Gasteiger partial charge in [-0.2, -0.15) is 0 Å². The molecule has 0 N–H and O–H groups in total. The van der Waals surface area contributed by atoms with Gasteiger partial charge in [-0.1, -0.05) is 13.8 Å². The van der Waals surface area contributed by atoms with Crippen LogP contribution in [0.15, 0.2) is 5.38 Å². The van der Waals surface area contributed by atoms with E-state index < -0.39 is 0 Å². The van der Waals surface area contributed by atoms with Crippen LogP contribution >= 0.6 is 11.3 Å². The van der Waals surface area contributed by atoms with Gasteiger partial charge in [0, 0.05) is 17.8 Å². The van der Waals surface area contributed by atoms with E-state index in [9.17, 15) is 4.79 Å². The van der Waals surface area contributed by atoms with Crippen LogP contribution in [0.25, 0.3) is 0 Å². The van der Waals surface area contributed by atoms with Crippen LogP contribution in [0.4, 0.5) is 0 Å². The molecular formula is C11H18N2OS. The van der Waals surface area contributed by atoms with E-state index in [1.54, 1.807) is 11.3 Å². The number of hydrogen-bond donors (Lipinski definition) is 0. The maximum absolute atomic E-state index is 11.5. The average Bonchev–Trinajstić information content (AvgIpc) is 2.50. The van der Waals surface area contributed by atoms with Crippen molar-refractivity contribution in [2.24, 2.45) is 5.92 Å². The zero-order valence-electron chi connectivity index (χ0n) is 9.78. The van der Waals surface area contributed by atoms with Gasteiger partial charge in [-0.3, -0.25) is 9.69 Å². The normalized spacial score (nSPS) is 11.3. The van der Waals surface area contributed by atoms with Crippen molar-refractivity contribution in [3.63, 3.8) is 0 Å². The fourth-order valence-electron chi connectivity index (χ4n) is 1.26. The largest absolute Gasteiger partial charge is 0.298 e. The Hall–Kier alpha value is -0.740. The fourth-order valence-corrected chi connectivity index (χ4v) is 1.87. The molecule has 0 radical (unpaired) electrons. The minimum absolute atomic E-state index is 0.115. The molecular weight excluding hydrogens is 208 g/mol. The Bertz CT molecular complexity index is 333.